The fourth-order valence-corrected chi connectivity index (χ4v) is 1.52. The second-order valence-corrected chi connectivity index (χ2v) is 4.34. The van der Waals surface area contributed by atoms with Crippen molar-refractivity contribution in [2.24, 2.45) is 0 Å². The van der Waals surface area contributed by atoms with E-state index in [1.807, 2.05) is 0 Å². The molecule has 2 rings (SSSR count). The molecule has 0 N–H and O–H groups in total. The maximum atomic E-state index is 4.94. The SMILES string of the molecule is C1CCOC1.C1CCOC1.CCCCCOC. The second kappa shape index (κ2) is 15.9. The van der Waals surface area contributed by atoms with Gasteiger partial charge in [-0.15, -0.1) is 0 Å². The summed E-state index contributed by atoms with van der Waals surface area (Å²) in [6.45, 7) is 7.11. The van der Waals surface area contributed by atoms with E-state index in [-0.39, 0.29) is 0 Å². The van der Waals surface area contributed by atoms with Crippen LogP contribution in [0.4, 0.5) is 0 Å². The van der Waals surface area contributed by atoms with Crippen LogP contribution in [-0.4, -0.2) is 40.1 Å². The van der Waals surface area contributed by atoms with Gasteiger partial charge in [0, 0.05) is 40.1 Å². The van der Waals surface area contributed by atoms with E-state index < -0.39 is 0 Å². The van der Waals surface area contributed by atoms with Gasteiger partial charge >= 0.3 is 0 Å². The zero-order valence-electron chi connectivity index (χ0n) is 11.7. The van der Waals surface area contributed by atoms with Crippen molar-refractivity contribution in [3.05, 3.63) is 0 Å². The van der Waals surface area contributed by atoms with E-state index in [1.54, 1.807) is 7.11 Å². The van der Waals surface area contributed by atoms with Gasteiger partial charge in [-0.25, -0.2) is 0 Å². The maximum absolute atomic E-state index is 4.94. The third-order valence-corrected chi connectivity index (χ3v) is 2.61. The summed E-state index contributed by atoms with van der Waals surface area (Å²) >= 11 is 0. The van der Waals surface area contributed by atoms with Crippen molar-refractivity contribution in [3.63, 3.8) is 0 Å². The molecule has 0 atom stereocenters. The number of hydrogen-bond donors (Lipinski definition) is 0. The quantitative estimate of drug-likeness (QED) is 0.711. The number of unbranched alkanes of at least 4 members (excludes halogenated alkanes) is 2. The van der Waals surface area contributed by atoms with Gasteiger partial charge in [-0.05, 0) is 32.1 Å². The highest BCUT2D eigenvalue weighted by Crippen LogP contribution is 1.98. The van der Waals surface area contributed by atoms with Crippen molar-refractivity contribution >= 4 is 0 Å². The average molecular weight is 246 g/mol. The van der Waals surface area contributed by atoms with Crippen molar-refractivity contribution in [2.45, 2.75) is 51.9 Å². The Labute approximate surface area is 107 Å². The van der Waals surface area contributed by atoms with Gasteiger partial charge in [-0.2, -0.15) is 0 Å². The average Bonchev–Trinajstić information content (AvgIpc) is 3.08. The maximum Gasteiger partial charge on any atom is 0.0466 e. The van der Waals surface area contributed by atoms with Crippen molar-refractivity contribution in [3.8, 4) is 0 Å². The molecule has 104 valence electrons. The second-order valence-electron chi connectivity index (χ2n) is 4.34. The largest absolute Gasteiger partial charge is 0.385 e. The van der Waals surface area contributed by atoms with Crippen molar-refractivity contribution in [1.82, 2.24) is 0 Å². The summed E-state index contributed by atoms with van der Waals surface area (Å²) in [5.74, 6) is 0. The van der Waals surface area contributed by atoms with Crippen LogP contribution in [0, 0.1) is 0 Å². The van der Waals surface area contributed by atoms with Gasteiger partial charge in [0.05, 0.1) is 0 Å². The molecule has 2 aliphatic rings. The lowest BCUT2D eigenvalue weighted by Crippen LogP contribution is -1.85. The van der Waals surface area contributed by atoms with Crippen LogP contribution in [0.15, 0.2) is 0 Å². The molecule has 0 aliphatic carbocycles. The van der Waals surface area contributed by atoms with Gasteiger partial charge < -0.3 is 14.2 Å². The highest BCUT2D eigenvalue weighted by Gasteiger charge is 1.95. The van der Waals surface area contributed by atoms with Crippen LogP contribution in [0.3, 0.4) is 0 Å². The van der Waals surface area contributed by atoms with E-state index in [1.165, 1.54) is 44.9 Å². The molecule has 0 aromatic rings. The summed E-state index contributed by atoms with van der Waals surface area (Å²) in [5.41, 5.74) is 0. The number of methoxy groups -OCH3 is 1. The molecule has 0 amide bonds. The first-order valence-electron chi connectivity index (χ1n) is 7.06. The predicted molar refractivity (Wildman–Crippen MR) is 71.5 cm³/mol. The molecule has 2 aliphatic heterocycles. The first kappa shape index (κ1) is 16.9. The minimum Gasteiger partial charge on any atom is -0.385 e. The van der Waals surface area contributed by atoms with E-state index in [0.717, 1.165) is 33.0 Å². The van der Waals surface area contributed by atoms with Crippen LogP contribution in [0.1, 0.15) is 51.9 Å². The molecule has 17 heavy (non-hydrogen) atoms. The van der Waals surface area contributed by atoms with Crippen LogP contribution in [0.5, 0.6) is 0 Å². The minimum absolute atomic E-state index is 0.924. The van der Waals surface area contributed by atoms with Crippen molar-refractivity contribution < 1.29 is 14.2 Å². The summed E-state index contributed by atoms with van der Waals surface area (Å²) in [7, 11) is 1.75. The fraction of sp³-hybridized carbons (Fsp3) is 1.00. The van der Waals surface area contributed by atoms with Gasteiger partial charge in [0.25, 0.3) is 0 Å². The van der Waals surface area contributed by atoms with Crippen molar-refractivity contribution in [2.75, 3.05) is 40.1 Å². The molecule has 0 spiro atoms. The van der Waals surface area contributed by atoms with Crippen LogP contribution >= 0.6 is 0 Å². The van der Waals surface area contributed by atoms with Crippen LogP contribution in [-0.2, 0) is 14.2 Å². The number of rotatable bonds is 4. The van der Waals surface area contributed by atoms with Crippen LogP contribution in [0.25, 0.3) is 0 Å². The Morgan fingerprint density at radius 2 is 1.29 bits per heavy atom. The topological polar surface area (TPSA) is 27.7 Å². The third kappa shape index (κ3) is 15.9. The smallest absolute Gasteiger partial charge is 0.0466 e. The van der Waals surface area contributed by atoms with E-state index in [9.17, 15) is 0 Å². The van der Waals surface area contributed by atoms with Gasteiger partial charge in [0.1, 0.15) is 0 Å². The lowest BCUT2D eigenvalue weighted by atomic mass is 10.3. The predicted octanol–water partition coefficient (Wildman–Crippen LogP) is 3.42. The molecule has 0 saturated carbocycles. The standard InChI is InChI=1S/C6H14O.2C4H8O/c1-3-4-5-6-7-2;2*1-2-4-5-3-1/h3-6H2,1-2H3;2*1-4H2. The normalized spacial score (nSPS) is 18.0. The summed E-state index contributed by atoms with van der Waals surface area (Å²) in [4.78, 5) is 0. The first-order valence-corrected chi connectivity index (χ1v) is 7.06. The zero-order valence-corrected chi connectivity index (χ0v) is 11.7. The zero-order chi connectivity index (χ0) is 12.6. The molecule has 0 radical (unpaired) electrons. The van der Waals surface area contributed by atoms with E-state index >= 15 is 0 Å². The summed E-state index contributed by atoms with van der Waals surface area (Å²) in [6, 6.07) is 0. The van der Waals surface area contributed by atoms with Gasteiger partial charge in [-0.3, -0.25) is 0 Å². The lowest BCUT2D eigenvalue weighted by molar-refractivity contribution is 0.192. The molecule has 3 heteroatoms. The molecular weight excluding hydrogens is 216 g/mol. The molecule has 2 saturated heterocycles. The molecule has 2 heterocycles. The van der Waals surface area contributed by atoms with E-state index in [0.29, 0.717) is 0 Å². The Morgan fingerprint density at radius 1 is 0.824 bits per heavy atom. The first-order chi connectivity index (χ1) is 8.41. The summed E-state index contributed by atoms with van der Waals surface area (Å²) in [5, 5.41) is 0. The highest BCUT2D eigenvalue weighted by molar-refractivity contribution is 4.44. The molecule has 3 nitrogen and oxygen atoms in total. The minimum atomic E-state index is 0.924. The fourth-order valence-electron chi connectivity index (χ4n) is 1.52. The van der Waals surface area contributed by atoms with Gasteiger partial charge in [0.2, 0.25) is 0 Å². The van der Waals surface area contributed by atoms with Crippen LogP contribution < -0.4 is 0 Å². The van der Waals surface area contributed by atoms with Crippen LogP contribution in [0.2, 0.25) is 0 Å². The Morgan fingerprint density at radius 3 is 1.53 bits per heavy atom. The van der Waals surface area contributed by atoms with Gasteiger partial charge in [-0.1, -0.05) is 19.8 Å². The number of hydrogen-bond acceptors (Lipinski definition) is 3. The number of ether oxygens (including phenoxy) is 3. The van der Waals surface area contributed by atoms with E-state index in [2.05, 4.69) is 6.92 Å². The Balaban J connectivity index is 0.000000229. The molecule has 2 fully saturated rings. The molecule has 0 aromatic heterocycles. The Bertz CT molecular complexity index is 91.4. The van der Waals surface area contributed by atoms with Crippen molar-refractivity contribution in [1.29, 1.82) is 0 Å². The van der Waals surface area contributed by atoms with E-state index in [4.69, 9.17) is 14.2 Å². The third-order valence-electron chi connectivity index (χ3n) is 2.61. The lowest BCUT2D eigenvalue weighted by Gasteiger charge is -1.92. The Hall–Kier alpha value is -0.120. The molecule has 0 bridgehead atoms. The highest BCUT2D eigenvalue weighted by atomic mass is 16.5. The summed E-state index contributed by atoms with van der Waals surface area (Å²) < 4.78 is 14.7. The summed E-state index contributed by atoms with van der Waals surface area (Å²) in [6.07, 6.45) is 8.91. The Kier molecular flexibility index (Phi) is 15.8. The molecule has 0 aromatic carbocycles. The molecular formula is C14H30O3. The monoisotopic (exact) mass is 246 g/mol. The van der Waals surface area contributed by atoms with Gasteiger partial charge in [0.15, 0.2) is 0 Å². The molecule has 0 unspecified atom stereocenters.